The molecule has 0 heterocycles. The smallest absolute Gasteiger partial charge is 0.255 e. The zero-order valence-electron chi connectivity index (χ0n) is 25.5. The SMILES string of the molecule is CC1CCC(Cc2cccc(-c3cc(C(C)C)c4c(c3O)C(O)=C3C(=O)[C@]5(O)C(O)=C(C(N)=O)C(=O)C[C@@H]5C[C@@H]3C4)c2)CC1. The van der Waals surface area contributed by atoms with Crippen LogP contribution in [0.5, 0.6) is 5.75 Å². The zero-order valence-corrected chi connectivity index (χ0v) is 25.5. The number of aliphatic hydroxyl groups excluding tert-OH is 2. The Morgan fingerprint density at radius 3 is 2.41 bits per heavy atom. The molecule has 4 aliphatic carbocycles. The molecular formula is C36H41NO7. The monoisotopic (exact) mass is 599 g/mol. The Morgan fingerprint density at radius 2 is 1.75 bits per heavy atom. The number of phenolic OH excluding ortho intramolecular Hbond substituents is 1. The van der Waals surface area contributed by atoms with Gasteiger partial charge in [0.2, 0.25) is 5.78 Å². The number of hydrogen-bond acceptors (Lipinski definition) is 7. The van der Waals surface area contributed by atoms with E-state index < -0.39 is 52.0 Å². The van der Waals surface area contributed by atoms with Crippen LogP contribution in [0.25, 0.3) is 16.9 Å². The number of carbonyl (C=O) groups is 3. The minimum absolute atomic E-state index is 0.0300. The van der Waals surface area contributed by atoms with Gasteiger partial charge >= 0.3 is 0 Å². The Balaban J connectivity index is 1.46. The van der Waals surface area contributed by atoms with E-state index in [1.807, 2.05) is 32.0 Å². The van der Waals surface area contributed by atoms with Gasteiger partial charge in [0.05, 0.1) is 5.56 Å². The number of Topliss-reactive ketones (excluding diaryl/α,β-unsaturated/α-hetero) is 2. The fraction of sp³-hybridized carbons (Fsp3) is 0.472. The fourth-order valence-electron chi connectivity index (χ4n) is 8.19. The van der Waals surface area contributed by atoms with Gasteiger partial charge in [0.1, 0.15) is 22.8 Å². The van der Waals surface area contributed by atoms with E-state index in [9.17, 15) is 34.8 Å². The number of fused-ring (bicyclic) bond motifs is 3. The highest BCUT2D eigenvalue weighted by atomic mass is 16.3. The van der Waals surface area contributed by atoms with Crippen LogP contribution in [0.3, 0.4) is 0 Å². The molecule has 3 atom stereocenters. The van der Waals surface area contributed by atoms with E-state index in [1.165, 1.54) is 31.2 Å². The standard InChI is InChI=1S/C36H41NO7/c1-17(2)24-16-25(21-6-4-5-20(12-21)11-19-9-7-18(3)8-10-19)31(39)29-26(24)14-22-13-23-15-27(38)30(35(37)43)34(42)36(23,44)33(41)28(22)32(29)40/h4-6,12,16-19,22-23,39-40,42,44H,7-11,13-15H2,1-3H3,(H2,37,43)/t18?,19?,22-,23+,36+/m1/s1. The Hall–Kier alpha value is -3.91. The molecule has 0 aromatic heterocycles. The van der Waals surface area contributed by atoms with Crippen molar-refractivity contribution in [2.75, 3.05) is 0 Å². The largest absolute Gasteiger partial charge is 0.508 e. The van der Waals surface area contributed by atoms with Crippen LogP contribution in [-0.2, 0) is 27.2 Å². The lowest BCUT2D eigenvalue weighted by molar-refractivity contribution is -0.147. The number of carbonyl (C=O) groups excluding carboxylic acids is 3. The predicted octanol–water partition coefficient (Wildman–Crippen LogP) is 5.58. The van der Waals surface area contributed by atoms with Crippen molar-refractivity contribution < 1.29 is 34.8 Å². The molecule has 232 valence electrons. The van der Waals surface area contributed by atoms with Gasteiger partial charge in [-0.15, -0.1) is 0 Å². The third-order valence-corrected chi connectivity index (χ3v) is 10.6. The Bertz CT molecular complexity index is 1640. The number of ketones is 2. The molecule has 0 aliphatic heterocycles. The molecule has 2 aromatic rings. The highest BCUT2D eigenvalue weighted by Gasteiger charge is 2.60. The van der Waals surface area contributed by atoms with E-state index in [4.69, 9.17) is 5.73 Å². The number of aromatic hydroxyl groups is 1. The molecular weight excluding hydrogens is 558 g/mol. The molecule has 2 fully saturated rings. The van der Waals surface area contributed by atoms with Gasteiger partial charge in [0.15, 0.2) is 11.4 Å². The second-order valence-electron chi connectivity index (χ2n) is 13.8. The van der Waals surface area contributed by atoms with E-state index in [2.05, 4.69) is 19.1 Å². The third-order valence-electron chi connectivity index (χ3n) is 10.6. The van der Waals surface area contributed by atoms with Crippen LogP contribution >= 0.6 is 0 Å². The van der Waals surface area contributed by atoms with Crippen molar-refractivity contribution >= 4 is 23.2 Å². The molecule has 6 rings (SSSR count). The molecule has 0 radical (unpaired) electrons. The summed E-state index contributed by atoms with van der Waals surface area (Å²) in [5, 5.41) is 45.9. The molecule has 1 amide bonds. The summed E-state index contributed by atoms with van der Waals surface area (Å²) >= 11 is 0. The molecule has 2 aromatic carbocycles. The Morgan fingerprint density at radius 1 is 1.05 bits per heavy atom. The summed E-state index contributed by atoms with van der Waals surface area (Å²) in [5.74, 6) is -4.73. The van der Waals surface area contributed by atoms with Crippen molar-refractivity contribution in [3.63, 3.8) is 0 Å². The summed E-state index contributed by atoms with van der Waals surface area (Å²) in [6.07, 6.45) is 5.94. The maximum Gasteiger partial charge on any atom is 0.255 e. The van der Waals surface area contributed by atoms with Gasteiger partial charge in [-0.2, -0.15) is 0 Å². The lowest BCUT2D eigenvalue weighted by atomic mass is 9.59. The van der Waals surface area contributed by atoms with Gasteiger partial charge < -0.3 is 26.2 Å². The second kappa shape index (κ2) is 10.9. The van der Waals surface area contributed by atoms with Crippen molar-refractivity contribution in [2.24, 2.45) is 29.4 Å². The van der Waals surface area contributed by atoms with Gasteiger partial charge in [-0.3, -0.25) is 14.4 Å². The summed E-state index contributed by atoms with van der Waals surface area (Å²) in [7, 11) is 0. The lowest BCUT2D eigenvalue weighted by Gasteiger charge is -2.46. The molecule has 8 nitrogen and oxygen atoms in total. The number of rotatable bonds is 5. The molecule has 0 unspecified atom stereocenters. The maximum atomic E-state index is 14.0. The minimum Gasteiger partial charge on any atom is -0.508 e. The van der Waals surface area contributed by atoms with Crippen molar-refractivity contribution in [1.82, 2.24) is 0 Å². The normalized spacial score (nSPS) is 28.6. The Kier molecular flexibility index (Phi) is 7.47. The van der Waals surface area contributed by atoms with E-state index >= 15 is 0 Å². The first-order chi connectivity index (χ1) is 20.8. The Labute approximate surface area is 257 Å². The molecule has 0 bridgehead atoms. The molecule has 2 saturated carbocycles. The number of nitrogens with two attached hydrogens (primary N) is 1. The van der Waals surface area contributed by atoms with Crippen LogP contribution < -0.4 is 5.73 Å². The lowest BCUT2D eigenvalue weighted by Crippen LogP contribution is -2.58. The van der Waals surface area contributed by atoms with E-state index in [1.54, 1.807) is 0 Å². The van der Waals surface area contributed by atoms with Crippen molar-refractivity contribution in [2.45, 2.75) is 83.7 Å². The minimum atomic E-state index is -2.57. The van der Waals surface area contributed by atoms with Gasteiger partial charge in [0, 0.05) is 23.5 Å². The van der Waals surface area contributed by atoms with Crippen LogP contribution in [-0.4, -0.2) is 43.5 Å². The van der Waals surface area contributed by atoms with E-state index in [-0.39, 0.29) is 35.6 Å². The van der Waals surface area contributed by atoms with E-state index in [0.29, 0.717) is 17.9 Å². The summed E-state index contributed by atoms with van der Waals surface area (Å²) in [6.45, 7) is 6.38. The predicted molar refractivity (Wildman–Crippen MR) is 166 cm³/mol. The van der Waals surface area contributed by atoms with Crippen LogP contribution in [0, 0.1) is 23.7 Å². The van der Waals surface area contributed by atoms with Crippen LogP contribution in [0.15, 0.2) is 47.2 Å². The topological polar surface area (TPSA) is 158 Å². The molecule has 0 saturated heterocycles. The molecule has 6 N–H and O–H groups in total. The number of benzene rings is 2. The van der Waals surface area contributed by atoms with Gasteiger partial charge in [0.25, 0.3) is 5.91 Å². The number of hydrogen-bond donors (Lipinski definition) is 5. The maximum absolute atomic E-state index is 14.0. The molecule has 8 heteroatoms. The van der Waals surface area contributed by atoms with Crippen molar-refractivity contribution in [3.05, 3.63) is 69.5 Å². The third kappa shape index (κ3) is 4.66. The summed E-state index contributed by atoms with van der Waals surface area (Å²) in [6, 6.07) is 10.1. The van der Waals surface area contributed by atoms with Crippen LogP contribution in [0.1, 0.15) is 87.5 Å². The molecule has 44 heavy (non-hydrogen) atoms. The van der Waals surface area contributed by atoms with Crippen LogP contribution in [0.2, 0.25) is 0 Å². The average molecular weight is 600 g/mol. The van der Waals surface area contributed by atoms with Gasteiger partial charge in [-0.05, 0) is 84.1 Å². The van der Waals surface area contributed by atoms with Gasteiger partial charge in [-0.1, -0.05) is 57.9 Å². The fourth-order valence-corrected chi connectivity index (χ4v) is 8.19. The first kappa shape index (κ1) is 30.1. The van der Waals surface area contributed by atoms with Crippen LogP contribution in [0.4, 0.5) is 0 Å². The summed E-state index contributed by atoms with van der Waals surface area (Å²) < 4.78 is 0. The zero-order chi connectivity index (χ0) is 31.7. The highest BCUT2D eigenvalue weighted by molar-refractivity contribution is 6.22. The molecule has 0 spiro atoms. The van der Waals surface area contributed by atoms with Crippen molar-refractivity contribution in [1.29, 1.82) is 0 Å². The first-order valence-electron chi connectivity index (χ1n) is 15.8. The number of amides is 1. The number of primary amides is 1. The quantitative estimate of drug-likeness (QED) is 0.281. The molecule has 4 aliphatic rings. The first-order valence-corrected chi connectivity index (χ1v) is 15.8. The van der Waals surface area contributed by atoms with Gasteiger partial charge in [-0.25, -0.2) is 0 Å². The van der Waals surface area contributed by atoms with Crippen molar-refractivity contribution in [3.8, 4) is 16.9 Å². The number of phenols is 1. The summed E-state index contributed by atoms with van der Waals surface area (Å²) in [5.41, 5.74) is 6.14. The van der Waals surface area contributed by atoms with E-state index in [0.717, 1.165) is 29.0 Å². The summed E-state index contributed by atoms with van der Waals surface area (Å²) in [4.78, 5) is 38.5. The second-order valence-corrected chi connectivity index (χ2v) is 13.8. The number of aliphatic hydroxyl groups is 3. The highest BCUT2D eigenvalue weighted by Crippen LogP contribution is 2.54. The average Bonchev–Trinajstić information content (AvgIpc) is 2.96.